The van der Waals surface area contributed by atoms with Gasteiger partial charge < -0.3 is 10.3 Å². The SMILES string of the molecule is CCCCc1noc(N)n1. The molecule has 1 heterocycles. The fraction of sp³-hybridized carbons (Fsp3) is 0.667. The summed E-state index contributed by atoms with van der Waals surface area (Å²) in [6.07, 6.45) is 3.07. The molecule has 56 valence electrons. The first kappa shape index (κ1) is 7.05. The minimum Gasteiger partial charge on any atom is -0.351 e. The van der Waals surface area contributed by atoms with Gasteiger partial charge in [-0.1, -0.05) is 18.5 Å². The summed E-state index contributed by atoms with van der Waals surface area (Å²) in [6, 6.07) is 0.158. The number of aromatic nitrogens is 2. The van der Waals surface area contributed by atoms with Crippen molar-refractivity contribution in [3.8, 4) is 0 Å². The van der Waals surface area contributed by atoms with Gasteiger partial charge in [0.05, 0.1) is 0 Å². The minimum atomic E-state index is 0.158. The van der Waals surface area contributed by atoms with E-state index in [0.717, 1.165) is 19.3 Å². The summed E-state index contributed by atoms with van der Waals surface area (Å²) in [7, 11) is 0. The molecule has 0 amide bonds. The Bertz CT molecular complexity index is 197. The molecule has 0 saturated heterocycles. The fourth-order valence-electron chi connectivity index (χ4n) is 0.704. The van der Waals surface area contributed by atoms with Crippen LogP contribution in [0.5, 0.6) is 0 Å². The van der Waals surface area contributed by atoms with Crippen molar-refractivity contribution in [2.75, 3.05) is 5.73 Å². The molecular weight excluding hydrogens is 130 g/mol. The molecule has 0 unspecified atom stereocenters. The molecule has 0 aromatic carbocycles. The van der Waals surface area contributed by atoms with Crippen molar-refractivity contribution in [3.05, 3.63) is 5.82 Å². The van der Waals surface area contributed by atoms with Crippen molar-refractivity contribution in [2.45, 2.75) is 26.2 Å². The van der Waals surface area contributed by atoms with Crippen molar-refractivity contribution in [1.29, 1.82) is 0 Å². The largest absolute Gasteiger partial charge is 0.351 e. The monoisotopic (exact) mass is 141 g/mol. The molecule has 2 N–H and O–H groups in total. The predicted octanol–water partition coefficient (Wildman–Crippen LogP) is 0.994. The van der Waals surface area contributed by atoms with Gasteiger partial charge in [-0.2, -0.15) is 4.98 Å². The number of nitrogens with two attached hydrogens (primary N) is 1. The number of nitrogen functional groups attached to an aromatic ring is 1. The Balaban J connectivity index is 2.42. The smallest absolute Gasteiger partial charge is 0.318 e. The lowest BCUT2D eigenvalue weighted by Gasteiger charge is -1.86. The third-order valence-electron chi connectivity index (χ3n) is 1.24. The third kappa shape index (κ3) is 1.72. The number of rotatable bonds is 3. The van der Waals surface area contributed by atoms with Crippen LogP contribution in [0.4, 0.5) is 6.01 Å². The van der Waals surface area contributed by atoms with Crippen LogP contribution in [0.1, 0.15) is 25.6 Å². The normalized spacial score (nSPS) is 10.1. The zero-order chi connectivity index (χ0) is 7.40. The van der Waals surface area contributed by atoms with Gasteiger partial charge in [0.25, 0.3) is 0 Å². The van der Waals surface area contributed by atoms with E-state index in [2.05, 4.69) is 21.6 Å². The lowest BCUT2D eigenvalue weighted by Crippen LogP contribution is -1.88. The van der Waals surface area contributed by atoms with Gasteiger partial charge in [0.2, 0.25) is 0 Å². The Kier molecular flexibility index (Phi) is 2.25. The standard InChI is InChI=1S/C6H11N3O/c1-2-3-4-5-8-6(7)10-9-5/h2-4H2,1H3,(H2,7,8,9). The summed E-state index contributed by atoms with van der Waals surface area (Å²) in [5, 5.41) is 3.64. The number of anilines is 1. The Morgan fingerprint density at radius 1 is 1.60 bits per heavy atom. The van der Waals surface area contributed by atoms with Gasteiger partial charge in [-0.25, -0.2) is 0 Å². The van der Waals surface area contributed by atoms with E-state index in [1.165, 1.54) is 0 Å². The average molecular weight is 141 g/mol. The summed E-state index contributed by atoms with van der Waals surface area (Å²) in [6.45, 7) is 2.11. The number of aryl methyl sites for hydroxylation is 1. The van der Waals surface area contributed by atoms with Crippen LogP contribution in [0.2, 0.25) is 0 Å². The lowest BCUT2D eigenvalue weighted by molar-refractivity contribution is 0.425. The maximum absolute atomic E-state index is 5.21. The molecule has 1 rings (SSSR count). The van der Waals surface area contributed by atoms with E-state index in [-0.39, 0.29) is 6.01 Å². The zero-order valence-corrected chi connectivity index (χ0v) is 6.00. The van der Waals surface area contributed by atoms with E-state index in [1.54, 1.807) is 0 Å². The molecule has 1 aromatic rings. The van der Waals surface area contributed by atoms with Gasteiger partial charge >= 0.3 is 6.01 Å². The molecule has 4 heteroatoms. The first-order valence-corrected chi connectivity index (χ1v) is 3.41. The summed E-state index contributed by atoms with van der Waals surface area (Å²) >= 11 is 0. The van der Waals surface area contributed by atoms with Crippen LogP contribution in [0.25, 0.3) is 0 Å². The average Bonchev–Trinajstić information content (AvgIpc) is 2.31. The number of hydrogen-bond donors (Lipinski definition) is 1. The minimum absolute atomic E-state index is 0.158. The fourth-order valence-corrected chi connectivity index (χ4v) is 0.704. The van der Waals surface area contributed by atoms with Gasteiger partial charge in [0.15, 0.2) is 5.82 Å². The van der Waals surface area contributed by atoms with E-state index < -0.39 is 0 Å². The molecule has 0 aliphatic heterocycles. The van der Waals surface area contributed by atoms with Crippen molar-refractivity contribution < 1.29 is 4.52 Å². The lowest BCUT2D eigenvalue weighted by atomic mass is 10.2. The Morgan fingerprint density at radius 2 is 2.40 bits per heavy atom. The van der Waals surface area contributed by atoms with Crippen LogP contribution in [-0.4, -0.2) is 10.1 Å². The van der Waals surface area contributed by atoms with Crippen LogP contribution < -0.4 is 5.73 Å². The van der Waals surface area contributed by atoms with E-state index in [9.17, 15) is 0 Å². The first-order chi connectivity index (χ1) is 4.83. The van der Waals surface area contributed by atoms with E-state index in [0.29, 0.717) is 5.82 Å². The van der Waals surface area contributed by atoms with E-state index in [1.807, 2.05) is 0 Å². The second-order valence-corrected chi connectivity index (χ2v) is 2.15. The van der Waals surface area contributed by atoms with Gasteiger partial charge in [-0.05, 0) is 6.42 Å². The molecule has 0 fully saturated rings. The van der Waals surface area contributed by atoms with E-state index >= 15 is 0 Å². The van der Waals surface area contributed by atoms with Crippen molar-refractivity contribution in [1.82, 2.24) is 10.1 Å². The van der Waals surface area contributed by atoms with Crippen LogP contribution >= 0.6 is 0 Å². The second kappa shape index (κ2) is 3.20. The quantitative estimate of drug-likeness (QED) is 0.681. The Hall–Kier alpha value is -1.06. The highest BCUT2D eigenvalue weighted by Gasteiger charge is 1.99. The topological polar surface area (TPSA) is 64.9 Å². The molecule has 1 aromatic heterocycles. The summed E-state index contributed by atoms with van der Waals surface area (Å²) < 4.78 is 4.58. The molecule has 0 atom stereocenters. The Morgan fingerprint density at radius 3 is 2.90 bits per heavy atom. The molecule has 0 saturated carbocycles. The highest BCUT2D eigenvalue weighted by atomic mass is 16.5. The highest BCUT2D eigenvalue weighted by molar-refractivity contribution is 5.06. The van der Waals surface area contributed by atoms with Gasteiger partial charge in [-0.15, -0.1) is 0 Å². The third-order valence-corrected chi connectivity index (χ3v) is 1.24. The molecule has 4 nitrogen and oxygen atoms in total. The molecular formula is C6H11N3O. The summed E-state index contributed by atoms with van der Waals surface area (Å²) in [4.78, 5) is 3.85. The maximum Gasteiger partial charge on any atom is 0.318 e. The first-order valence-electron chi connectivity index (χ1n) is 3.41. The van der Waals surface area contributed by atoms with Crippen molar-refractivity contribution >= 4 is 6.01 Å². The second-order valence-electron chi connectivity index (χ2n) is 2.15. The molecule has 0 radical (unpaired) electrons. The van der Waals surface area contributed by atoms with Crippen LogP contribution in [0, 0.1) is 0 Å². The van der Waals surface area contributed by atoms with Crippen LogP contribution in [-0.2, 0) is 6.42 Å². The van der Waals surface area contributed by atoms with Gasteiger partial charge in [0.1, 0.15) is 0 Å². The van der Waals surface area contributed by atoms with Crippen LogP contribution in [0.3, 0.4) is 0 Å². The molecule has 0 bridgehead atoms. The van der Waals surface area contributed by atoms with Crippen molar-refractivity contribution in [2.24, 2.45) is 0 Å². The number of hydrogen-bond acceptors (Lipinski definition) is 4. The molecule has 0 aliphatic carbocycles. The molecule has 10 heavy (non-hydrogen) atoms. The molecule has 0 aliphatic rings. The highest BCUT2D eigenvalue weighted by Crippen LogP contribution is 2.01. The number of nitrogens with zero attached hydrogens (tertiary/aromatic N) is 2. The Labute approximate surface area is 59.4 Å². The summed E-state index contributed by atoms with van der Waals surface area (Å²) in [5.74, 6) is 0.708. The maximum atomic E-state index is 5.21. The molecule has 0 spiro atoms. The van der Waals surface area contributed by atoms with Gasteiger partial charge in [0, 0.05) is 6.42 Å². The predicted molar refractivity (Wildman–Crippen MR) is 37.3 cm³/mol. The summed E-state index contributed by atoms with van der Waals surface area (Å²) in [5.41, 5.74) is 5.21. The zero-order valence-electron chi connectivity index (χ0n) is 6.00. The number of unbranched alkanes of at least 4 members (excludes halogenated alkanes) is 1. The van der Waals surface area contributed by atoms with Crippen LogP contribution in [0.15, 0.2) is 4.52 Å². The van der Waals surface area contributed by atoms with E-state index in [4.69, 9.17) is 5.73 Å². The van der Waals surface area contributed by atoms with Crippen molar-refractivity contribution in [3.63, 3.8) is 0 Å². The van der Waals surface area contributed by atoms with Gasteiger partial charge in [-0.3, -0.25) is 0 Å².